The second-order valence-electron chi connectivity index (χ2n) is 25.5. The van der Waals surface area contributed by atoms with Gasteiger partial charge in [-0.2, -0.15) is 0 Å². The lowest BCUT2D eigenvalue weighted by Crippen LogP contribution is -2.45. The van der Waals surface area contributed by atoms with Crippen LogP contribution in [0.4, 0.5) is 19.2 Å². The van der Waals surface area contributed by atoms with E-state index in [4.69, 9.17) is 73.8 Å². The Morgan fingerprint density at radius 2 is 0.904 bits per heavy atom. The van der Waals surface area contributed by atoms with Crippen molar-refractivity contribution in [3.05, 3.63) is 220 Å². The highest BCUT2D eigenvalue weighted by atomic mass is 16.7. The Bertz CT molecular complexity index is 3770. The number of guanidine groups is 1. The van der Waals surface area contributed by atoms with E-state index in [2.05, 4.69) is 34.1 Å². The molecule has 1 aliphatic heterocycles. The standard InChI is InChI=1S/C24H29NO6.C22H27N3O6.C20H26N2O7.C8H10O.C2H4O2/c1-17(2)25-13-19-9-11-21(12-10-19)31-22(27)24(4,15-26)16-30-23(28)29-14-20-7-5-18(3)6-8-20;1-15-3-5-17(6-4-15)12-29-21(28)30-14-22(2,13-26)19(27)31-18-9-7-16(8-10-18)11-25-20(23)24;1-13(22-17(24)29-19(2,3)4)21-10-14-6-8-15(9-7-14)28-16(23)20(5)11-26-18(25)27-12-20;1-7-2-4-8(6-9)5-3-7;1-2(3)4/h5-12,25-26H,1,13-16H2,2-4H3;3-10,26H,11-14H2,1-2H3,(H4,23,24,25);6-9,21H,1,10-12H2,2-5H3,(H,22,24);2-5,9H,6H2,1H3;1H3,(H,3,4)/p-1. The van der Waals surface area contributed by atoms with Gasteiger partial charge in [0.15, 0.2) is 5.96 Å². The van der Waals surface area contributed by atoms with E-state index in [1.807, 2.05) is 113 Å². The van der Waals surface area contributed by atoms with E-state index in [9.17, 15) is 43.8 Å². The van der Waals surface area contributed by atoms with Crippen molar-refractivity contribution < 1.29 is 106 Å². The number of carbonyl (C=O) groups is 8. The molecule has 28 heteroatoms. The summed E-state index contributed by atoms with van der Waals surface area (Å²) < 4.78 is 50.8. The number of ether oxygens (including phenoxy) is 10. The third kappa shape index (κ3) is 34.7. The molecule has 0 aromatic heterocycles. The second-order valence-corrected chi connectivity index (χ2v) is 25.5. The fourth-order valence-corrected chi connectivity index (χ4v) is 7.66. The molecule has 0 saturated carbocycles. The number of aliphatic hydroxyl groups excluding tert-OH is 3. The van der Waals surface area contributed by atoms with Crippen molar-refractivity contribution in [2.75, 3.05) is 39.6 Å². The molecular weight excluding hydrogens is 1350 g/mol. The van der Waals surface area contributed by atoms with Crippen LogP contribution in [0.2, 0.25) is 0 Å². The number of allylic oxidation sites excluding steroid dienone is 1. The molecule has 28 nitrogen and oxygen atoms in total. The summed E-state index contributed by atoms with van der Waals surface area (Å²) in [5.41, 5.74) is 15.6. The summed E-state index contributed by atoms with van der Waals surface area (Å²) in [6.07, 6.45) is -3.27. The van der Waals surface area contributed by atoms with Gasteiger partial charge in [0.1, 0.15) is 84.6 Å². The van der Waals surface area contributed by atoms with Crippen molar-refractivity contribution in [2.45, 2.75) is 121 Å². The molecule has 7 rings (SSSR count). The molecule has 1 aliphatic rings. The molecule has 1 heterocycles. The van der Waals surface area contributed by atoms with E-state index in [-0.39, 0.29) is 51.4 Å². The van der Waals surface area contributed by atoms with Crippen LogP contribution in [-0.4, -0.2) is 115 Å². The summed E-state index contributed by atoms with van der Waals surface area (Å²) in [4.78, 5) is 96.6. The summed E-state index contributed by atoms with van der Waals surface area (Å²) in [5, 5.41) is 45.5. The Kier molecular flexibility index (Phi) is 36.1. The number of carbonyl (C=O) groups excluding carboxylic acids is 8. The van der Waals surface area contributed by atoms with Crippen LogP contribution in [0.1, 0.15) is 105 Å². The van der Waals surface area contributed by atoms with E-state index in [0.717, 1.165) is 57.1 Å². The van der Waals surface area contributed by atoms with E-state index in [1.165, 1.54) is 19.4 Å². The van der Waals surface area contributed by atoms with Crippen LogP contribution in [0.25, 0.3) is 0 Å². The number of carboxylic acids is 1. The number of cyclic esters (lactones) is 2. The van der Waals surface area contributed by atoms with Crippen molar-refractivity contribution in [3.63, 3.8) is 0 Å². The van der Waals surface area contributed by atoms with Gasteiger partial charge in [0.25, 0.3) is 0 Å². The lowest BCUT2D eigenvalue weighted by atomic mass is 9.92. The Morgan fingerprint density at radius 3 is 1.26 bits per heavy atom. The first-order valence-corrected chi connectivity index (χ1v) is 32.3. The topological polar surface area (TPSA) is 413 Å². The molecule has 1 fully saturated rings. The quantitative estimate of drug-likeness (QED) is 0.00825. The summed E-state index contributed by atoms with van der Waals surface area (Å²) in [6, 6.07) is 43.1. The molecule has 0 bridgehead atoms. The van der Waals surface area contributed by atoms with Crippen molar-refractivity contribution in [3.8, 4) is 17.2 Å². The average Bonchev–Trinajstić information content (AvgIpc) is 0.813. The molecule has 1 amide bonds. The van der Waals surface area contributed by atoms with Crippen LogP contribution in [0.15, 0.2) is 175 Å². The lowest BCUT2D eigenvalue weighted by molar-refractivity contribution is -0.302. The van der Waals surface area contributed by atoms with Gasteiger partial charge in [0.05, 0.1) is 26.4 Å². The molecule has 104 heavy (non-hydrogen) atoms. The van der Waals surface area contributed by atoms with Gasteiger partial charge in [-0.05, 0) is 146 Å². The highest BCUT2D eigenvalue weighted by molar-refractivity contribution is 5.81. The number of nitrogens with two attached hydrogens (primary N) is 2. The van der Waals surface area contributed by atoms with Gasteiger partial charge in [0, 0.05) is 24.8 Å². The number of alkyl carbamates (subject to hydrolysis) is 1. The van der Waals surface area contributed by atoms with Gasteiger partial charge in [0.2, 0.25) is 0 Å². The number of esters is 3. The normalized spacial score (nSPS) is 12.7. The van der Waals surface area contributed by atoms with Gasteiger partial charge in [-0.1, -0.05) is 139 Å². The minimum Gasteiger partial charge on any atom is -0.550 e. The van der Waals surface area contributed by atoms with Crippen molar-refractivity contribution in [1.82, 2.24) is 16.0 Å². The van der Waals surface area contributed by atoms with Crippen molar-refractivity contribution >= 4 is 54.4 Å². The van der Waals surface area contributed by atoms with E-state index >= 15 is 0 Å². The van der Waals surface area contributed by atoms with Gasteiger partial charge >= 0.3 is 42.5 Å². The molecule has 6 aromatic rings. The Balaban J connectivity index is 0.000000371. The smallest absolute Gasteiger partial charge is 0.508 e. The first-order valence-electron chi connectivity index (χ1n) is 32.3. The molecule has 562 valence electrons. The van der Waals surface area contributed by atoms with Crippen LogP contribution in [0.5, 0.6) is 17.2 Å². The zero-order chi connectivity index (χ0) is 77.6. The number of hydrogen-bond acceptors (Lipinski definition) is 25. The molecule has 0 radical (unpaired) electrons. The number of aliphatic hydroxyl groups is 3. The molecule has 1 saturated heterocycles. The van der Waals surface area contributed by atoms with E-state index < -0.39 is 90.1 Å². The molecular formula is C76H95N6O22-. The van der Waals surface area contributed by atoms with Crippen LogP contribution in [-0.2, 0) is 91.8 Å². The number of aliphatic carboxylic acids is 1. The number of carboxylic acid groups (broad SMARTS) is 1. The fourth-order valence-electron chi connectivity index (χ4n) is 7.66. The molecule has 0 aliphatic carbocycles. The largest absolute Gasteiger partial charge is 0.550 e. The summed E-state index contributed by atoms with van der Waals surface area (Å²) in [7, 11) is 0. The van der Waals surface area contributed by atoms with Gasteiger partial charge in [-0.3, -0.25) is 19.7 Å². The number of amides is 1. The van der Waals surface area contributed by atoms with Gasteiger partial charge in [-0.25, -0.2) is 24.2 Å². The SMILES string of the molecule is C=C(C)NCc1ccc(OC(=O)C(C)(CO)COC(=O)OCc2ccc(C)cc2)cc1.C=C(NCc1ccc(OC(=O)C2(C)COC(=O)OC2)cc1)NC(=O)OC(C)(C)C.CC(=O)[O-].Cc1ccc(CO)cc1.Cc1ccc(COC(=O)OCC(C)(CO)C(=O)Oc2ccc(CN=C(N)N)cc2)cc1. The van der Waals surface area contributed by atoms with Crippen LogP contribution in [0, 0.1) is 37.0 Å². The second kappa shape index (κ2) is 43.3. The van der Waals surface area contributed by atoms with Crippen molar-refractivity contribution in [2.24, 2.45) is 32.7 Å². The summed E-state index contributed by atoms with van der Waals surface area (Å²) in [6.45, 7) is 25.5. The van der Waals surface area contributed by atoms with E-state index in [1.54, 1.807) is 88.4 Å². The fraction of sp³-hybridized carbons (Fsp3) is 0.355. The highest BCUT2D eigenvalue weighted by Crippen LogP contribution is 2.27. The van der Waals surface area contributed by atoms with Crippen molar-refractivity contribution in [1.29, 1.82) is 0 Å². The molecule has 2 unspecified atom stereocenters. The maximum Gasteiger partial charge on any atom is 0.508 e. The number of aryl methyl sites for hydroxylation is 3. The van der Waals surface area contributed by atoms with E-state index in [0.29, 0.717) is 37.0 Å². The zero-order valence-electron chi connectivity index (χ0n) is 60.5. The zero-order valence-corrected chi connectivity index (χ0v) is 60.5. The first kappa shape index (κ1) is 86.7. The predicted octanol–water partition coefficient (Wildman–Crippen LogP) is 9.00. The van der Waals surface area contributed by atoms with Crippen LogP contribution in [0.3, 0.4) is 0 Å². The summed E-state index contributed by atoms with van der Waals surface area (Å²) in [5.74, 6) is -1.88. The number of rotatable bonds is 26. The number of benzene rings is 6. The minimum absolute atomic E-state index is 0.0217. The third-order valence-electron chi connectivity index (χ3n) is 14.1. The highest BCUT2D eigenvalue weighted by Gasteiger charge is 2.42. The van der Waals surface area contributed by atoms with Gasteiger partial charge in [-0.15, -0.1) is 0 Å². The van der Waals surface area contributed by atoms with Crippen LogP contribution >= 0.6 is 0 Å². The number of aliphatic imine (C=N–C) groups is 1. The Hall–Kier alpha value is -11.5. The summed E-state index contributed by atoms with van der Waals surface area (Å²) >= 11 is 0. The number of hydrogen-bond donors (Lipinski definition) is 8. The molecule has 10 N–H and O–H groups in total. The number of nitrogens with one attached hydrogen (secondary N) is 3. The monoisotopic (exact) mass is 1440 g/mol. The first-order chi connectivity index (χ1) is 49.0. The average molecular weight is 1440 g/mol. The third-order valence-corrected chi connectivity index (χ3v) is 14.1. The maximum absolute atomic E-state index is 12.6. The minimum atomic E-state index is -1.46. The van der Waals surface area contributed by atoms with Crippen LogP contribution < -0.4 is 46.7 Å². The van der Waals surface area contributed by atoms with Gasteiger partial charge < -0.3 is 94.7 Å². The lowest BCUT2D eigenvalue weighted by Gasteiger charge is -2.29. The number of nitrogens with zero attached hydrogens (tertiary/aromatic N) is 1. The Labute approximate surface area is 605 Å². The molecule has 6 aromatic carbocycles. The Morgan fingerprint density at radius 1 is 0.548 bits per heavy atom. The maximum atomic E-state index is 12.6. The predicted molar refractivity (Wildman–Crippen MR) is 381 cm³/mol. The molecule has 2 atom stereocenters. The molecule has 0 spiro atoms.